The molecule has 0 saturated heterocycles. The quantitative estimate of drug-likeness (QED) is 0.740. The zero-order valence-corrected chi connectivity index (χ0v) is 6.78. The maximum atomic E-state index is 10.6. The van der Waals surface area contributed by atoms with Gasteiger partial charge in [0.25, 0.3) is 0 Å². The second-order valence-corrected chi connectivity index (χ2v) is 2.40. The molecule has 12 heavy (non-hydrogen) atoms. The van der Waals surface area contributed by atoms with Crippen molar-refractivity contribution in [2.75, 3.05) is 7.11 Å². The molecule has 64 valence electrons. The highest BCUT2D eigenvalue weighted by Crippen LogP contribution is 2.09. The lowest BCUT2D eigenvalue weighted by Crippen LogP contribution is -2.02. The first-order chi connectivity index (χ1) is 5.75. The SMILES string of the molecule is COCc1ccccc1C(=O)O. The van der Waals surface area contributed by atoms with E-state index in [-0.39, 0.29) is 0 Å². The van der Waals surface area contributed by atoms with Crippen LogP contribution in [0.4, 0.5) is 0 Å². The van der Waals surface area contributed by atoms with Crippen molar-refractivity contribution in [1.29, 1.82) is 0 Å². The number of carboxylic acid groups (broad SMARTS) is 1. The molecule has 0 amide bonds. The molecule has 0 aliphatic heterocycles. The Morgan fingerprint density at radius 2 is 2.17 bits per heavy atom. The lowest BCUT2D eigenvalue weighted by atomic mass is 10.1. The summed E-state index contributed by atoms with van der Waals surface area (Å²) in [6.07, 6.45) is 0. The van der Waals surface area contributed by atoms with Gasteiger partial charge in [0, 0.05) is 7.11 Å². The molecular formula is C9H10O3. The predicted molar refractivity (Wildman–Crippen MR) is 44.1 cm³/mol. The molecule has 0 spiro atoms. The Balaban J connectivity index is 3.00. The van der Waals surface area contributed by atoms with E-state index in [0.717, 1.165) is 0 Å². The van der Waals surface area contributed by atoms with Crippen LogP contribution in [0.2, 0.25) is 0 Å². The Labute approximate surface area is 70.6 Å². The summed E-state index contributed by atoms with van der Waals surface area (Å²) in [6.45, 7) is 0.336. The third kappa shape index (κ3) is 1.83. The first kappa shape index (κ1) is 8.74. The number of carbonyl (C=O) groups is 1. The second-order valence-electron chi connectivity index (χ2n) is 2.40. The van der Waals surface area contributed by atoms with Gasteiger partial charge in [-0.3, -0.25) is 0 Å². The van der Waals surface area contributed by atoms with Gasteiger partial charge in [0.15, 0.2) is 0 Å². The van der Waals surface area contributed by atoms with E-state index in [1.165, 1.54) is 0 Å². The summed E-state index contributed by atoms with van der Waals surface area (Å²) in [4.78, 5) is 10.6. The van der Waals surface area contributed by atoms with E-state index in [1.54, 1.807) is 31.4 Å². The van der Waals surface area contributed by atoms with Crippen LogP contribution in [0.15, 0.2) is 24.3 Å². The molecule has 0 bridgehead atoms. The molecule has 1 N–H and O–H groups in total. The molecule has 1 aromatic carbocycles. The van der Waals surface area contributed by atoms with Gasteiger partial charge in [0.1, 0.15) is 0 Å². The zero-order valence-electron chi connectivity index (χ0n) is 6.78. The van der Waals surface area contributed by atoms with Crippen LogP contribution >= 0.6 is 0 Å². The average Bonchev–Trinajstić information content (AvgIpc) is 2.05. The highest BCUT2D eigenvalue weighted by atomic mass is 16.5. The fraction of sp³-hybridized carbons (Fsp3) is 0.222. The Bertz CT molecular complexity index is 281. The van der Waals surface area contributed by atoms with Crippen LogP contribution in [0.5, 0.6) is 0 Å². The smallest absolute Gasteiger partial charge is 0.336 e. The minimum atomic E-state index is -0.914. The van der Waals surface area contributed by atoms with Crippen molar-refractivity contribution >= 4 is 5.97 Å². The lowest BCUT2D eigenvalue weighted by molar-refractivity contribution is 0.0692. The maximum Gasteiger partial charge on any atom is 0.336 e. The third-order valence-electron chi connectivity index (χ3n) is 1.55. The van der Waals surface area contributed by atoms with E-state index >= 15 is 0 Å². The van der Waals surface area contributed by atoms with Gasteiger partial charge in [0.2, 0.25) is 0 Å². The molecule has 0 aliphatic carbocycles. The Morgan fingerprint density at radius 3 is 2.75 bits per heavy atom. The van der Waals surface area contributed by atoms with E-state index in [0.29, 0.717) is 17.7 Å². The summed E-state index contributed by atoms with van der Waals surface area (Å²) in [6, 6.07) is 6.80. The molecule has 0 fully saturated rings. The summed E-state index contributed by atoms with van der Waals surface area (Å²) in [5.41, 5.74) is 1.01. The fourth-order valence-corrected chi connectivity index (χ4v) is 1.01. The van der Waals surface area contributed by atoms with Crippen LogP contribution < -0.4 is 0 Å². The van der Waals surface area contributed by atoms with Crippen LogP contribution in [0.25, 0.3) is 0 Å². The predicted octanol–water partition coefficient (Wildman–Crippen LogP) is 1.53. The maximum absolute atomic E-state index is 10.6. The number of benzene rings is 1. The monoisotopic (exact) mass is 166 g/mol. The van der Waals surface area contributed by atoms with Crippen molar-refractivity contribution in [1.82, 2.24) is 0 Å². The molecule has 0 aromatic heterocycles. The van der Waals surface area contributed by atoms with E-state index in [9.17, 15) is 4.79 Å². The largest absolute Gasteiger partial charge is 0.478 e. The number of hydrogen-bond acceptors (Lipinski definition) is 2. The Hall–Kier alpha value is -1.35. The number of carboxylic acids is 1. The minimum absolute atomic E-state index is 0.305. The molecule has 1 rings (SSSR count). The van der Waals surface area contributed by atoms with Gasteiger partial charge in [-0.2, -0.15) is 0 Å². The van der Waals surface area contributed by atoms with Crippen LogP contribution in [-0.4, -0.2) is 18.2 Å². The molecule has 1 aromatic rings. The summed E-state index contributed by atoms with van der Waals surface area (Å²) in [5, 5.41) is 8.74. The number of methoxy groups -OCH3 is 1. The highest BCUT2D eigenvalue weighted by Gasteiger charge is 2.07. The van der Waals surface area contributed by atoms with Crippen LogP contribution in [-0.2, 0) is 11.3 Å². The standard InChI is InChI=1S/C9H10O3/c1-12-6-7-4-2-3-5-8(7)9(10)11/h2-5H,6H2,1H3,(H,10,11). The number of hydrogen-bond donors (Lipinski definition) is 1. The van der Waals surface area contributed by atoms with Gasteiger partial charge >= 0.3 is 5.97 Å². The average molecular weight is 166 g/mol. The molecule has 3 nitrogen and oxygen atoms in total. The molecular weight excluding hydrogens is 156 g/mol. The minimum Gasteiger partial charge on any atom is -0.478 e. The topological polar surface area (TPSA) is 46.5 Å². The van der Waals surface area contributed by atoms with Gasteiger partial charge in [-0.25, -0.2) is 4.79 Å². The Morgan fingerprint density at radius 1 is 1.50 bits per heavy atom. The van der Waals surface area contributed by atoms with Gasteiger partial charge in [-0.05, 0) is 11.6 Å². The zero-order chi connectivity index (χ0) is 8.97. The number of ether oxygens (including phenoxy) is 1. The first-order valence-corrected chi connectivity index (χ1v) is 3.56. The van der Waals surface area contributed by atoms with Crippen molar-refractivity contribution in [3.8, 4) is 0 Å². The highest BCUT2D eigenvalue weighted by molar-refractivity contribution is 5.89. The lowest BCUT2D eigenvalue weighted by Gasteiger charge is -2.02. The molecule has 0 unspecified atom stereocenters. The van der Waals surface area contributed by atoms with Crippen molar-refractivity contribution in [3.05, 3.63) is 35.4 Å². The summed E-state index contributed by atoms with van der Waals surface area (Å²) < 4.78 is 4.86. The molecule has 3 heteroatoms. The van der Waals surface area contributed by atoms with Crippen molar-refractivity contribution in [2.24, 2.45) is 0 Å². The van der Waals surface area contributed by atoms with Crippen molar-refractivity contribution in [2.45, 2.75) is 6.61 Å². The molecule has 0 heterocycles. The third-order valence-corrected chi connectivity index (χ3v) is 1.55. The fourth-order valence-electron chi connectivity index (χ4n) is 1.01. The van der Waals surface area contributed by atoms with Crippen molar-refractivity contribution in [3.63, 3.8) is 0 Å². The summed E-state index contributed by atoms with van der Waals surface area (Å²) in [5.74, 6) is -0.914. The van der Waals surface area contributed by atoms with E-state index in [1.807, 2.05) is 0 Å². The van der Waals surface area contributed by atoms with Gasteiger partial charge < -0.3 is 9.84 Å². The van der Waals surface area contributed by atoms with E-state index < -0.39 is 5.97 Å². The number of rotatable bonds is 3. The van der Waals surface area contributed by atoms with Gasteiger partial charge in [-0.15, -0.1) is 0 Å². The molecule has 0 atom stereocenters. The second kappa shape index (κ2) is 3.88. The number of aromatic carboxylic acids is 1. The first-order valence-electron chi connectivity index (χ1n) is 3.56. The normalized spacial score (nSPS) is 9.75. The van der Waals surface area contributed by atoms with Gasteiger partial charge in [0.05, 0.1) is 12.2 Å². The van der Waals surface area contributed by atoms with Crippen LogP contribution in [0.3, 0.4) is 0 Å². The Kier molecular flexibility index (Phi) is 2.82. The summed E-state index contributed by atoms with van der Waals surface area (Å²) in [7, 11) is 1.54. The van der Waals surface area contributed by atoms with E-state index in [2.05, 4.69) is 0 Å². The molecule has 0 saturated carbocycles. The molecule has 0 aliphatic rings. The molecule has 0 radical (unpaired) electrons. The van der Waals surface area contributed by atoms with Crippen molar-refractivity contribution < 1.29 is 14.6 Å². The van der Waals surface area contributed by atoms with Crippen LogP contribution in [0, 0.1) is 0 Å². The summed E-state index contributed by atoms with van der Waals surface area (Å²) >= 11 is 0. The van der Waals surface area contributed by atoms with Crippen LogP contribution in [0.1, 0.15) is 15.9 Å². The van der Waals surface area contributed by atoms with E-state index in [4.69, 9.17) is 9.84 Å². The van der Waals surface area contributed by atoms with Gasteiger partial charge in [-0.1, -0.05) is 18.2 Å².